The summed E-state index contributed by atoms with van der Waals surface area (Å²) >= 11 is 0. The SMILES string of the molecule is Cc1c[nH]c2ccnc(F)c12. The molecule has 1 N–H and O–H groups in total. The lowest BCUT2D eigenvalue weighted by molar-refractivity contribution is 0.596. The van der Waals surface area contributed by atoms with E-state index in [9.17, 15) is 4.39 Å². The third kappa shape index (κ3) is 0.808. The molecule has 2 heterocycles. The summed E-state index contributed by atoms with van der Waals surface area (Å²) < 4.78 is 12.9. The van der Waals surface area contributed by atoms with Gasteiger partial charge in [0.15, 0.2) is 0 Å². The van der Waals surface area contributed by atoms with Crippen LogP contribution in [0.25, 0.3) is 10.9 Å². The van der Waals surface area contributed by atoms with E-state index in [-0.39, 0.29) is 0 Å². The maximum absolute atomic E-state index is 12.9. The molecule has 2 rings (SSSR count). The van der Waals surface area contributed by atoms with E-state index in [0.717, 1.165) is 11.1 Å². The third-order valence-electron chi connectivity index (χ3n) is 1.74. The van der Waals surface area contributed by atoms with Crippen LogP contribution in [-0.2, 0) is 0 Å². The number of H-pyrrole nitrogens is 1. The summed E-state index contributed by atoms with van der Waals surface area (Å²) in [4.78, 5) is 6.50. The van der Waals surface area contributed by atoms with E-state index >= 15 is 0 Å². The second kappa shape index (κ2) is 2.05. The van der Waals surface area contributed by atoms with E-state index in [0.29, 0.717) is 5.39 Å². The Morgan fingerprint density at radius 1 is 1.55 bits per heavy atom. The Hall–Kier alpha value is -1.38. The highest BCUT2D eigenvalue weighted by Crippen LogP contribution is 2.17. The number of hydrogen-bond donors (Lipinski definition) is 1. The highest BCUT2D eigenvalue weighted by Gasteiger charge is 2.04. The molecule has 11 heavy (non-hydrogen) atoms. The van der Waals surface area contributed by atoms with E-state index in [1.165, 1.54) is 6.20 Å². The van der Waals surface area contributed by atoms with Crippen molar-refractivity contribution in [3.63, 3.8) is 0 Å². The van der Waals surface area contributed by atoms with E-state index in [1.807, 2.05) is 6.92 Å². The minimum atomic E-state index is -0.402. The Balaban J connectivity index is 2.96. The molecule has 0 spiro atoms. The van der Waals surface area contributed by atoms with Gasteiger partial charge in [0, 0.05) is 12.4 Å². The molecule has 0 aliphatic rings. The van der Waals surface area contributed by atoms with Crippen LogP contribution in [0.3, 0.4) is 0 Å². The van der Waals surface area contributed by atoms with Gasteiger partial charge in [0.2, 0.25) is 5.95 Å². The number of aromatic nitrogens is 2. The summed E-state index contributed by atoms with van der Waals surface area (Å²) in [5.74, 6) is -0.402. The van der Waals surface area contributed by atoms with Crippen molar-refractivity contribution in [3.8, 4) is 0 Å². The van der Waals surface area contributed by atoms with Gasteiger partial charge >= 0.3 is 0 Å². The molecular weight excluding hydrogens is 143 g/mol. The fraction of sp³-hybridized carbons (Fsp3) is 0.125. The van der Waals surface area contributed by atoms with Gasteiger partial charge in [-0.15, -0.1) is 0 Å². The fourth-order valence-electron chi connectivity index (χ4n) is 1.19. The van der Waals surface area contributed by atoms with Crippen LogP contribution >= 0.6 is 0 Å². The topological polar surface area (TPSA) is 28.7 Å². The van der Waals surface area contributed by atoms with Crippen molar-refractivity contribution in [2.24, 2.45) is 0 Å². The second-order valence-electron chi connectivity index (χ2n) is 2.50. The van der Waals surface area contributed by atoms with Crippen LogP contribution < -0.4 is 0 Å². The van der Waals surface area contributed by atoms with Crippen LogP contribution in [-0.4, -0.2) is 9.97 Å². The lowest BCUT2D eigenvalue weighted by Crippen LogP contribution is -1.82. The molecule has 0 aliphatic carbocycles. The molecule has 0 bridgehead atoms. The Bertz CT molecular complexity index is 392. The molecule has 0 aliphatic heterocycles. The van der Waals surface area contributed by atoms with E-state index in [1.54, 1.807) is 12.3 Å². The van der Waals surface area contributed by atoms with Gasteiger partial charge in [-0.25, -0.2) is 4.98 Å². The molecule has 2 nitrogen and oxygen atoms in total. The number of aryl methyl sites for hydroxylation is 1. The minimum Gasteiger partial charge on any atom is -0.361 e. The third-order valence-corrected chi connectivity index (χ3v) is 1.74. The number of halogens is 1. The summed E-state index contributed by atoms with van der Waals surface area (Å²) in [5.41, 5.74) is 1.70. The first kappa shape index (κ1) is 6.34. The van der Waals surface area contributed by atoms with Gasteiger partial charge in [-0.1, -0.05) is 0 Å². The van der Waals surface area contributed by atoms with Gasteiger partial charge < -0.3 is 4.98 Å². The van der Waals surface area contributed by atoms with E-state index < -0.39 is 5.95 Å². The molecule has 0 unspecified atom stereocenters. The van der Waals surface area contributed by atoms with Gasteiger partial charge in [-0.2, -0.15) is 4.39 Å². The maximum atomic E-state index is 12.9. The molecule has 0 radical (unpaired) electrons. The number of rotatable bonds is 0. The molecule has 0 amide bonds. The average Bonchev–Trinajstić information content (AvgIpc) is 2.34. The summed E-state index contributed by atoms with van der Waals surface area (Å²) in [6, 6.07) is 1.76. The molecule has 0 aromatic carbocycles. The Labute approximate surface area is 63.1 Å². The van der Waals surface area contributed by atoms with Crippen molar-refractivity contribution < 1.29 is 4.39 Å². The van der Waals surface area contributed by atoms with Crippen molar-refractivity contribution in [2.75, 3.05) is 0 Å². The van der Waals surface area contributed by atoms with Crippen LogP contribution in [0.5, 0.6) is 0 Å². The molecule has 2 aromatic rings. The van der Waals surface area contributed by atoms with Crippen molar-refractivity contribution >= 4 is 10.9 Å². The largest absolute Gasteiger partial charge is 0.361 e. The van der Waals surface area contributed by atoms with Crippen LogP contribution in [0.2, 0.25) is 0 Å². The van der Waals surface area contributed by atoms with Gasteiger partial charge in [-0.05, 0) is 18.6 Å². The van der Waals surface area contributed by atoms with Gasteiger partial charge in [0.1, 0.15) is 0 Å². The predicted molar refractivity (Wildman–Crippen MR) is 40.8 cm³/mol. The Morgan fingerprint density at radius 2 is 2.36 bits per heavy atom. The number of nitrogens with one attached hydrogen (secondary N) is 1. The Morgan fingerprint density at radius 3 is 3.09 bits per heavy atom. The maximum Gasteiger partial charge on any atom is 0.222 e. The zero-order valence-corrected chi connectivity index (χ0v) is 6.06. The van der Waals surface area contributed by atoms with Crippen molar-refractivity contribution in [2.45, 2.75) is 6.92 Å². The lowest BCUT2D eigenvalue weighted by atomic mass is 10.2. The number of fused-ring (bicyclic) bond motifs is 1. The highest BCUT2D eigenvalue weighted by molar-refractivity contribution is 5.82. The molecule has 0 saturated heterocycles. The fourth-order valence-corrected chi connectivity index (χ4v) is 1.19. The summed E-state index contributed by atoms with van der Waals surface area (Å²) in [5, 5.41) is 0.590. The van der Waals surface area contributed by atoms with Crippen LogP contribution in [0.15, 0.2) is 18.5 Å². The van der Waals surface area contributed by atoms with E-state index in [2.05, 4.69) is 9.97 Å². The number of hydrogen-bond acceptors (Lipinski definition) is 1. The molecule has 3 heteroatoms. The van der Waals surface area contributed by atoms with Crippen molar-refractivity contribution in [1.82, 2.24) is 9.97 Å². The van der Waals surface area contributed by atoms with Crippen molar-refractivity contribution in [1.29, 1.82) is 0 Å². The molecule has 0 fully saturated rings. The van der Waals surface area contributed by atoms with Crippen LogP contribution in [0.4, 0.5) is 4.39 Å². The first-order valence-corrected chi connectivity index (χ1v) is 3.37. The highest BCUT2D eigenvalue weighted by atomic mass is 19.1. The first-order chi connectivity index (χ1) is 5.29. The molecule has 0 saturated carbocycles. The summed E-state index contributed by atoms with van der Waals surface area (Å²) in [6.45, 7) is 1.85. The van der Waals surface area contributed by atoms with Gasteiger partial charge in [0.05, 0.1) is 10.9 Å². The number of pyridine rings is 1. The number of aromatic amines is 1. The smallest absolute Gasteiger partial charge is 0.222 e. The molecule has 56 valence electrons. The zero-order valence-electron chi connectivity index (χ0n) is 6.06. The first-order valence-electron chi connectivity index (χ1n) is 3.37. The van der Waals surface area contributed by atoms with Crippen LogP contribution in [0.1, 0.15) is 5.56 Å². The lowest BCUT2D eigenvalue weighted by Gasteiger charge is -1.90. The van der Waals surface area contributed by atoms with E-state index in [4.69, 9.17) is 0 Å². The molecular formula is C8H7FN2. The monoisotopic (exact) mass is 150 g/mol. The minimum absolute atomic E-state index is 0.402. The second-order valence-corrected chi connectivity index (χ2v) is 2.50. The quantitative estimate of drug-likeness (QED) is 0.572. The van der Waals surface area contributed by atoms with Gasteiger partial charge in [0.25, 0.3) is 0 Å². The zero-order chi connectivity index (χ0) is 7.84. The standard InChI is InChI=1S/C8H7FN2/c1-5-4-11-6-2-3-10-8(9)7(5)6/h2-4,11H,1H3. The van der Waals surface area contributed by atoms with Gasteiger partial charge in [-0.3, -0.25) is 0 Å². The predicted octanol–water partition coefficient (Wildman–Crippen LogP) is 2.01. The van der Waals surface area contributed by atoms with Crippen molar-refractivity contribution in [3.05, 3.63) is 30.0 Å². The summed E-state index contributed by atoms with van der Waals surface area (Å²) in [6.07, 6.45) is 3.23. The Kier molecular flexibility index (Phi) is 1.18. The summed E-state index contributed by atoms with van der Waals surface area (Å²) in [7, 11) is 0. The molecule has 0 atom stereocenters. The molecule has 2 aromatic heterocycles. The number of nitrogens with zero attached hydrogens (tertiary/aromatic N) is 1. The average molecular weight is 150 g/mol. The van der Waals surface area contributed by atoms with Crippen LogP contribution in [0, 0.1) is 12.9 Å². The normalized spacial score (nSPS) is 10.7.